The summed E-state index contributed by atoms with van der Waals surface area (Å²) >= 11 is 1.70. The van der Waals surface area contributed by atoms with Gasteiger partial charge in [-0.15, -0.1) is 0 Å². The molecule has 1 aromatic heterocycles. The molecule has 0 unspecified atom stereocenters. The van der Waals surface area contributed by atoms with E-state index >= 15 is 0 Å². The Morgan fingerprint density at radius 3 is 3.06 bits per heavy atom. The highest BCUT2D eigenvalue weighted by atomic mass is 32.2. The topological polar surface area (TPSA) is 72.9 Å². The molecule has 3 N–H and O–H groups in total. The van der Waals surface area contributed by atoms with Crippen LogP contribution in [0.2, 0.25) is 0 Å². The van der Waals surface area contributed by atoms with Crippen molar-refractivity contribution >= 4 is 17.7 Å². The lowest BCUT2D eigenvalue weighted by molar-refractivity contribution is -0.122. The first-order chi connectivity index (χ1) is 8.13. The Morgan fingerprint density at radius 2 is 2.47 bits per heavy atom. The summed E-state index contributed by atoms with van der Waals surface area (Å²) < 4.78 is 1.75. The number of amides is 1. The lowest BCUT2D eigenvalue weighted by Crippen LogP contribution is -2.41. The largest absolute Gasteiger partial charge is 0.354 e. The van der Waals surface area contributed by atoms with E-state index in [-0.39, 0.29) is 5.91 Å². The minimum Gasteiger partial charge on any atom is -0.354 e. The summed E-state index contributed by atoms with van der Waals surface area (Å²) in [7, 11) is 1.88. The fourth-order valence-electron chi connectivity index (χ4n) is 1.42. The van der Waals surface area contributed by atoms with Gasteiger partial charge in [0.15, 0.2) is 0 Å². The zero-order chi connectivity index (χ0) is 12.7. The molecule has 5 nitrogen and oxygen atoms in total. The molecule has 1 rings (SSSR count). The van der Waals surface area contributed by atoms with Crippen molar-refractivity contribution in [2.24, 2.45) is 12.8 Å². The van der Waals surface area contributed by atoms with Crippen LogP contribution in [0.25, 0.3) is 0 Å². The Hall–Kier alpha value is -1.01. The summed E-state index contributed by atoms with van der Waals surface area (Å²) in [6, 6.07) is 1.55. The number of carbonyl (C=O) groups excluding carboxylic acids is 1. The molecule has 0 aliphatic rings. The molecule has 96 valence electrons. The van der Waals surface area contributed by atoms with Crippen LogP contribution in [0.1, 0.15) is 12.1 Å². The maximum Gasteiger partial charge on any atom is 0.236 e. The lowest BCUT2D eigenvalue weighted by Gasteiger charge is -2.10. The van der Waals surface area contributed by atoms with E-state index in [0.29, 0.717) is 6.54 Å². The molecule has 17 heavy (non-hydrogen) atoms. The van der Waals surface area contributed by atoms with Crippen LogP contribution in [0.3, 0.4) is 0 Å². The van der Waals surface area contributed by atoms with Gasteiger partial charge in [-0.05, 0) is 24.5 Å². The molecule has 0 saturated carbocycles. The van der Waals surface area contributed by atoms with Crippen molar-refractivity contribution in [2.75, 3.05) is 18.6 Å². The number of hydrogen-bond donors (Lipinski definition) is 2. The third-order valence-electron chi connectivity index (χ3n) is 2.42. The van der Waals surface area contributed by atoms with Gasteiger partial charge >= 0.3 is 0 Å². The van der Waals surface area contributed by atoms with Crippen LogP contribution in [0, 0.1) is 0 Å². The molecule has 0 saturated heterocycles. The molecular weight excluding hydrogens is 236 g/mol. The highest BCUT2D eigenvalue weighted by molar-refractivity contribution is 7.98. The highest BCUT2D eigenvalue weighted by Gasteiger charge is 2.11. The van der Waals surface area contributed by atoms with Crippen LogP contribution in [0.5, 0.6) is 0 Å². The van der Waals surface area contributed by atoms with Gasteiger partial charge in [-0.1, -0.05) is 0 Å². The maximum absolute atomic E-state index is 11.6. The number of hydrogen-bond acceptors (Lipinski definition) is 4. The van der Waals surface area contributed by atoms with Crippen LogP contribution in [-0.2, 0) is 18.3 Å². The van der Waals surface area contributed by atoms with Gasteiger partial charge in [0.05, 0.1) is 11.7 Å². The number of rotatable bonds is 7. The summed E-state index contributed by atoms with van der Waals surface area (Å²) in [5, 5.41) is 7.06. The number of nitrogens with two attached hydrogens (primary N) is 1. The second kappa shape index (κ2) is 7.34. The van der Waals surface area contributed by atoms with E-state index in [1.807, 2.05) is 25.6 Å². The van der Waals surface area contributed by atoms with Crippen molar-refractivity contribution < 1.29 is 4.79 Å². The summed E-state index contributed by atoms with van der Waals surface area (Å²) in [6.07, 6.45) is 5.35. The van der Waals surface area contributed by atoms with Crippen LogP contribution in [0.4, 0.5) is 0 Å². The molecule has 0 radical (unpaired) electrons. The van der Waals surface area contributed by atoms with Crippen LogP contribution in [0.15, 0.2) is 12.3 Å². The van der Waals surface area contributed by atoms with Gasteiger partial charge in [0.2, 0.25) is 5.91 Å². The van der Waals surface area contributed by atoms with Gasteiger partial charge in [-0.25, -0.2) is 0 Å². The van der Waals surface area contributed by atoms with Crippen molar-refractivity contribution in [1.82, 2.24) is 15.1 Å². The second-order valence-electron chi connectivity index (χ2n) is 3.91. The monoisotopic (exact) mass is 256 g/mol. The molecule has 0 fully saturated rings. The maximum atomic E-state index is 11.6. The molecule has 0 bridgehead atoms. The molecular formula is C11H20N4OS. The van der Waals surface area contributed by atoms with E-state index in [1.54, 1.807) is 16.4 Å². The first kappa shape index (κ1) is 14.1. The van der Waals surface area contributed by atoms with Crippen molar-refractivity contribution in [3.63, 3.8) is 0 Å². The first-order valence-corrected chi connectivity index (χ1v) is 7.03. The minimum atomic E-state index is -0.397. The zero-order valence-corrected chi connectivity index (χ0v) is 11.2. The number of nitrogens with one attached hydrogen (secondary N) is 1. The van der Waals surface area contributed by atoms with Gasteiger partial charge < -0.3 is 11.1 Å². The quantitative estimate of drug-likeness (QED) is 0.729. The van der Waals surface area contributed by atoms with Gasteiger partial charge in [0, 0.05) is 26.2 Å². The van der Waals surface area contributed by atoms with Gasteiger partial charge in [-0.3, -0.25) is 9.48 Å². The van der Waals surface area contributed by atoms with Gasteiger partial charge in [0.25, 0.3) is 0 Å². The molecule has 6 heteroatoms. The third-order valence-corrected chi connectivity index (χ3v) is 3.06. The van der Waals surface area contributed by atoms with E-state index in [4.69, 9.17) is 5.73 Å². The third kappa shape index (κ3) is 5.23. The van der Waals surface area contributed by atoms with E-state index in [2.05, 4.69) is 10.4 Å². The number of carbonyl (C=O) groups is 1. The normalized spacial score (nSPS) is 12.4. The number of aromatic nitrogens is 2. The number of nitrogens with zero attached hydrogens (tertiary/aromatic N) is 2. The summed E-state index contributed by atoms with van der Waals surface area (Å²) in [5.41, 5.74) is 6.72. The van der Waals surface area contributed by atoms with Crippen LogP contribution in [-0.4, -0.2) is 40.3 Å². The molecule has 1 atom stereocenters. The molecule has 1 amide bonds. The molecule has 1 heterocycles. The first-order valence-electron chi connectivity index (χ1n) is 5.64. The Labute approximate surface area is 106 Å². The molecule has 1 aromatic rings. The average molecular weight is 256 g/mol. The number of aryl methyl sites for hydroxylation is 1. The fourth-order valence-corrected chi connectivity index (χ4v) is 1.91. The molecule has 0 aliphatic heterocycles. The van der Waals surface area contributed by atoms with E-state index in [0.717, 1.165) is 24.3 Å². The minimum absolute atomic E-state index is 0.0741. The lowest BCUT2D eigenvalue weighted by atomic mass is 10.2. The molecule has 0 spiro atoms. The highest BCUT2D eigenvalue weighted by Crippen LogP contribution is 1.99. The number of thioether (sulfide) groups is 1. The Kier molecular flexibility index (Phi) is 6.07. The summed E-state index contributed by atoms with van der Waals surface area (Å²) in [6.45, 7) is 0.586. The second-order valence-corrected chi connectivity index (χ2v) is 4.90. The van der Waals surface area contributed by atoms with E-state index in [1.165, 1.54) is 0 Å². The standard InChI is InChI=1S/C11H20N4OS/c1-15-7-4-9(14-15)3-6-13-11(16)10(12)5-8-17-2/h4,7,10H,3,5-6,8,12H2,1-2H3,(H,13,16)/t10-/m0/s1. The SMILES string of the molecule is CSCC[C@H](N)C(=O)NCCc1ccn(C)n1. The molecule has 0 aromatic carbocycles. The summed E-state index contributed by atoms with van der Waals surface area (Å²) in [5.74, 6) is 0.837. The van der Waals surface area contributed by atoms with Crippen molar-refractivity contribution in [3.05, 3.63) is 18.0 Å². The predicted octanol–water partition coefficient (Wildman–Crippen LogP) is 0.159. The van der Waals surface area contributed by atoms with E-state index < -0.39 is 6.04 Å². The van der Waals surface area contributed by atoms with Gasteiger partial charge in [0.1, 0.15) is 0 Å². The fraction of sp³-hybridized carbons (Fsp3) is 0.636. The predicted molar refractivity (Wildman–Crippen MR) is 70.9 cm³/mol. The van der Waals surface area contributed by atoms with Crippen molar-refractivity contribution in [2.45, 2.75) is 18.9 Å². The average Bonchev–Trinajstić information content (AvgIpc) is 2.71. The Balaban J connectivity index is 2.19. The Bertz CT molecular complexity index is 353. The van der Waals surface area contributed by atoms with Crippen LogP contribution >= 0.6 is 11.8 Å². The smallest absolute Gasteiger partial charge is 0.236 e. The molecule has 0 aliphatic carbocycles. The van der Waals surface area contributed by atoms with Crippen LogP contribution < -0.4 is 11.1 Å². The van der Waals surface area contributed by atoms with E-state index in [9.17, 15) is 4.79 Å². The summed E-state index contributed by atoms with van der Waals surface area (Å²) in [4.78, 5) is 11.6. The van der Waals surface area contributed by atoms with Gasteiger partial charge in [-0.2, -0.15) is 16.9 Å². The van der Waals surface area contributed by atoms with Crippen molar-refractivity contribution in [3.8, 4) is 0 Å². The zero-order valence-electron chi connectivity index (χ0n) is 10.3. The van der Waals surface area contributed by atoms with Crippen molar-refractivity contribution in [1.29, 1.82) is 0 Å². The Morgan fingerprint density at radius 1 is 1.71 bits per heavy atom.